The molecule has 0 aliphatic heterocycles. The molecule has 0 aliphatic carbocycles. The Labute approximate surface area is 120 Å². The Morgan fingerprint density at radius 1 is 0.550 bits per heavy atom. The minimum Gasteiger partial charge on any atom is -0.0622 e. The van der Waals surface area contributed by atoms with Crippen LogP contribution < -0.4 is 0 Å². The van der Waals surface area contributed by atoms with Crippen LogP contribution in [0.25, 0.3) is 22.3 Å². The highest BCUT2D eigenvalue weighted by Gasteiger charge is 2.09. The van der Waals surface area contributed by atoms with Crippen LogP contribution in [0.3, 0.4) is 0 Å². The molecule has 3 aromatic carbocycles. The van der Waals surface area contributed by atoms with Gasteiger partial charge in [0.05, 0.1) is 0 Å². The van der Waals surface area contributed by atoms with Gasteiger partial charge in [-0.25, -0.2) is 0 Å². The Kier molecular flexibility index (Phi) is 3.39. The predicted octanol–water partition coefficient (Wildman–Crippen LogP) is 5.64. The molecule has 0 saturated carbocycles. The second-order valence-corrected chi connectivity index (χ2v) is 5.23. The molecule has 0 aliphatic rings. The first-order chi connectivity index (χ1) is 9.75. The van der Waals surface area contributed by atoms with E-state index in [1.54, 1.807) is 0 Å². The summed E-state index contributed by atoms with van der Waals surface area (Å²) in [5, 5.41) is 0. The van der Waals surface area contributed by atoms with E-state index in [4.69, 9.17) is 0 Å². The number of benzene rings is 3. The first-order valence-corrected chi connectivity index (χ1v) is 6.98. The van der Waals surface area contributed by atoms with Gasteiger partial charge in [0, 0.05) is 0 Å². The lowest BCUT2D eigenvalue weighted by Gasteiger charge is -2.13. The lowest BCUT2D eigenvalue weighted by Crippen LogP contribution is -1.89. The summed E-state index contributed by atoms with van der Waals surface area (Å²) in [7, 11) is 0. The molecule has 0 atom stereocenters. The number of aryl methyl sites for hydroxylation is 2. The van der Waals surface area contributed by atoms with Crippen LogP contribution >= 0.6 is 0 Å². The van der Waals surface area contributed by atoms with Crippen LogP contribution in [0.15, 0.2) is 72.8 Å². The van der Waals surface area contributed by atoms with Gasteiger partial charge in [0.1, 0.15) is 0 Å². The van der Waals surface area contributed by atoms with Gasteiger partial charge < -0.3 is 0 Å². The summed E-state index contributed by atoms with van der Waals surface area (Å²) in [5.41, 5.74) is 7.80. The molecule has 3 aromatic rings. The molecule has 0 aromatic heterocycles. The third kappa shape index (κ3) is 2.37. The SMILES string of the molecule is Cc1ccc(-c2ccccc2)c(-c2ccccc2C)c1. The van der Waals surface area contributed by atoms with Crippen LogP contribution in [-0.4, -0.2) is 0 Å². The first kappa shape index (κ1) is 12.7. The van der Waals surface area contributed by atoms with Crippen molar-refractivity contribution in [3.8, 4) is 22.3 Å². The standard InChI is InChI=1S/C20H18/c1-15-12-13-19(17-9-4-3-5-10-17)20(14-15)18-11-7-6-8-16(18)2/h3-14H,1-2H3. The van der Waals surface area contributed by atoms with E-state index in [9.17, 15) is 0 Å². The summed E-state index contributed by atoms with van der Waals surface area (Å²) in [4.78, 5) is 0. The van der Waals surface area contributed by atoms with Gasteiger partial charge in [-0.05, 0) is 41.7 Å². The quantitative estimate of drug-likeness (QED) is 0.558. The lowest BCUT2D eigenvalue weighted by atomic mass is 9.91. The molecule has 0 fully saturated rings. The third-order valence-corrected chi connectivity index (χ3v) is 3.70. The van der Waals surface area contributed by atoms with Gasteiger partial charge >= 0.3 is 0 Å². The van der Waals surface area contributed by atoms with Gasteiger partial charge in [-0.15, -0.1) is 0 Å². The van der Waals surface area contributed by atoms with Crippen LogP contribution in [0.1, 0.15) is 11.1 Å². The third-order valence-electron chi connectivity index (χ3n) is 3.70. The molecule has 0 unspecified atom stereocenters. The monoisotopic (exact) mass is 258 g/mol. The summed E-state index contributed by atoms with van der Waals surface area (Å²) in [5.74, 6) is 0. The van der Waals surface area contributed by atoms with Gasteiger partial charge in [0.25, 0.3) is 0 Å². The van der Waals surface area contributed by atoms with Gasteiger partial charge in [-0.2, -0.15) is 0 Å². The van der Waals surface area contributed by atoms with Crippen LogP contribution in [0.5, 0.6) is 0 Å². The van der Waals surface area contributed by atoms with Crippen LogP contribution in [-0.2, 0) is 0 Å². The van der Waals surface area contributed by atoms with Crippen molar-refractivity contribution >= 4 is 0 Å². The maximum Gasteiger partial charge on any atom is -0.0100 e. The van der Waals surface area contributed by atoms with Crippen molar-refractivity contribution in [1.29, 1.82) is 0 Å². The van der Waals surface area contributed by atoms with Crippen LogP contribution in [0.4, 0.5) is 0 Å². The van der Waals surface area contributed by atoms with Crippen molar-refractivity contribution in [3.63, 3.8) is 0 Å². The average Bonchev–Trinajstić information content (AvgIpc) is 2.48. The van der Waals surface area contributed by atoms with Crippen molar-refractivity contribution in [2.75, 3.05) is 0 Å². The fraction of sp³-hybridized carbons (Fsp3) is 0.100. The summed E-state index contributed by atoms with van der Waals surface area (Å²) in [6, 6.07) is 25.9. The molecule has 98 valence electrons. The molecule has 0 heteroatoms. The maximum atomic E-state index is 2.28. The van der Waals surface area contributed by atoms with E-state index in [-0.39, 0.29) is 0 Å². The number of hydrogen-bond acceptors (Lipinski definition) is 0. The molecule has 0 saturated heterocycles. The fourth-order valence-corrected chi connectivity index (χ4v) is 2.63. The number of hydrogen-bond donors (Lipinski definition) is 0. The van der Waals surface area contributed by atoms with Crippen molar-refractivity contribution in [2.45, 2.75) is 13.8 Å². The molecule has 0 nitrogen and oxygen atoms in total. The van der Waals surface area contributed by atoms with E-state index in [0.717, 1.165) is 0 Å². The van der Waals surface area contributed by atoms with Crippen molar-refractivity contribution in [3.05, 3.63) is 83.9 Å². The maximum absolute atomic E-state index is 2.28. The second kappa shape index (κ2) is 5.34. The Morgan fingerprint density at radius 3 is 2.00 bits per heavy atom. The average molecular weight is 258 g/mol. The highest BCUT2D eigenvalue weighted by Crippen LogP contribution is 2.34. The van der Waals surface area contributed by atoms with Crippen LogP contribution in [0, 0.1) is 13.8 Å². The Hall–Kier alpha value is -2.34. The topological polar surface area (TPSA) is 0 Å². The van der Waals surface area contributed by atoms with Crippen molar-refractivity contribution in [2.24, 2.45) is 0 Å². The van der Waals surface area contributed by atoms with Gasteiger partial charge in [0.2, 0.25) is 0 Å². The van der Waals surface area contributed by atoms with E-state index in [1.807, 2.05) is 0 Å². The Bertz CT molecular complexity index is 724. The molecule has 20 heavy (non-hydrogen) atoms. The largest absolute Gasteiger partial charge is 0.0622 e. The summed E-state index contributed by atoms with van der Waals surface area (Å²) >= 11 is 0. The molecule has 3 rings (SSSR count). The zero-order valence-electron chi connectivity index (χ0n) is 11.9. The second-order valence-electron chi connectivity index (χ2n) is 5.23. The van der Waals surface area contributed by atoms with E-state index in [2.05, 4.69) is 86.6 Å². The zero-order chi connectivity index (χ0) is 13.9. The molecule has 0 N–H and O–H groups in total. The summed E-state index contributed by atoms with van der Waals surface area (Å²) in [6.45, 7) is 4.32. The molecular formula is C20H18. The molecule has 0 spiro atoms. The van der Waals surface area contributed by atoms with Gasteiger partial charge in [-0.3, -0.25) is 0 Å². The fourth-order valence-electron chi connectivity index (χ4n) is 2.63. The number of rotatable bonds is 2. The predicted molar refractivity (Wildman–Crippen MR) is 86.8 cm³/mol. The minimum atomic E-state index is 1.27. The van der Waals surface area contributed by atoms with E-state index >= 15 is 0 Å². The van der Waals surface area contributed by atoms with E-state index < -0.39 is 0 Å². The smallest absolute Gasteiger partial charge is 0.0100 e. The van der Waals surface area contributed by atoms with Gasteiger partial charge in [0.15, 0.2) is 0 Å². The minimum absolute atomic E-state index is 1.27. The Morgan fingerprint density at radius 2 is 1.25 bits per heavy atom. The van der Waals surface area contributed by atoms with Crippen LogP contribution in [0.2, 0.25) is 0 Å². The first-order valence-electron chi connectivity index (χ1n) is 6.98. The van der Waals surface area contributed by atoms with E-state index in [1.165, 1.54) is 33.4 Å². The molecule has 0 radical (unpaired) electrons. The normalized spacial score (nSPS) is 10.5. The summed E-state index contributed by atoms with van der Waals surface area (Å²) < 4.78 is 0. The molecular weight excluding hydrogens is 240 g/mol. The van der Waals surface area contributed by atoms with E-state index in [0.29, 0.717) is 0 Å². The summed E-state index contributed by atoms with van der Waals surface area (Å²) in [6.07, 6.45) is 0. The Balaban J connectivity index is 2.25. The zero-order valence-corrected chi connectivity index (χ0v) is 11.9. The highest BCUT2D eigenvalue weighted by molar-refractivity contribution is 5.85. The molecule has 0 amide bonds. The van der Waals surface area contributed by atoms with Crippen molar-refractivity contribution < 1.29 is 0 Å². The molecule has 0 heterocycles. The lowest BCUT2D eigenvalue weighted by molar-refractivity contribution is 1.42. The molecule has 0 bridgehead atoms. The van der Waals surface area contributed by atoms with Gasteiger partial charge in [-0.1, -0.05) is 78.4 Å². The van der Waals surface area contributed by atoms with Crippen molar-refractivity contribution in [1.82, 2.24) is 0 Å². The highest BCUT2D eigenvalue weighted by atomic mass is 14.1.